The van der Waals surface area contributed by atoms with E-state index in [9.17, 15) is 4.79 Å². The standard InChI is InChI=1S/C26H27N5O/c27-14-19-8-10-20(11-9-19)17-30-18-28-15-22(30)16-29-24-12-13-31(26(24)32)25-7-3-5-21-4-1-2-6-23(21)25/h1-2,4,6,8-11,15,18,24-25,29H,3,5,7,12-13,16-17H2. The summed E-state index contributed by atoms with van der Waals surface area (Å²) in [6, 6.07) is 18.4. The van der Waals surface area contributed by atoms with Gasteiger partial charge in [-0.15, -0.1) is 0 Å². The summed E-state index contributed by atoms with van der Waals surface area (Å²) in [6.07, 6.45) is 7.80. The minimum absolute atomic E-state index is 0.151. The van der Waals surface area contributed by atoms with Crippen LogP contribution in [-0.2, 0) is 24.3 Å². The summed E-state index contributed by atoms with van der Waals surface area (Å²) in [5.41, 5.74) is 5.53. The van der Waals surface area contributed by atoms with E-state index < -0.39 is 0 Å². The van der Waals surface area contributed by atoms with Crippen molar-refractivity contribution in [3.8, 4) is 6.07 Å². The summed E-state index contributed by atoms with van der Waals surface area (Å²) in [5.74, 6) is 0.213. The molecular weight excluding hydrogens is 398 g/mol. The van der Waals surface area contributed by atoms with Crippen molar-refractivity contribution in [1.29, 1.82) is 5.26 Å². The van der Waals surface area contributed by atoms with Crippen LogP contribution in [0.3, 0.4) is 0 Å². The molecule has 1 N–H and O–H groups in total. The van der Waals surface area contributed by atoms with Crippen molar-refractivity contribution in [1.82, 2.24) is 19.8 Å². The third-order valence-electron chi connectivity index (χ3n) is 6.72. The second kappa shape index (κ2) is 8.97. The minimum atomic E-state index is -0.151. The first-order chi connectivity index (χ1) is 15.7. The molecule has 1 aliphatic heterocycles. The number of aromatic nitrogens is 2. The van der Waals surface area contributed by atoms with Gasteiger partial charge in [0, 0.05) is 25.8 Å². The number of carbonyl (C=O) groups excluding carboxylic acids is 1. The summed E-state index contributed by atoms with van der Waals surface area (Å²) < 4.78 is 2.09. The Morgan fingerprint density at radius 3 is 2.81 bits per heavy atom. The van der Waals surface area contributed by atoms with Crippen molar-refractivity contribution in [3.05, 3.63) is 89.0 Å². The molecule has 6 nitrogen and oxygen atoms in total. The van der Waals surface area contributed by atoms with E-state index in [0.29, 0.717) is 18.7 Å². The molecule has 1 amide bonds. The van der Waals surface area contributed by atoms with E-state index in [1.54, 1.807) is 0 Å². The molecule has 162 valence electrons. The molecular formula is C26H27N5O. The first kappa shape index (κ1) is 20.5. The van der Waals surface area contributed by atoms with Crippen LogP contribution >= 0.6 is 0 Å². The summed E-state index contributed by atoms with van der Waals surface area (Å²) >= 11 is 0. The van der Waals surface area contributed by atoms with Crippen LogP contribution in [0.1, 0.15) is 53.3 Å². The number of aryl methyl sites for hydroxylation is 1. The monoisotopic (exact) mass is 425 g/mol. The number of benzene rings is 2. The van der Waals surface area contributed by atoms with Gasteiger partial charge in [0.05, 0.1) is 35.7 Å². The molecule has 0 radical (unpaired) electrons. The van der Waals surface area contributed by atoms with E-state index in [2.05, 4.69) is 50.1 Å². The van der Waals surface area contributed by atoms with Crippen molar-refractivity contribution in [2.45, 2.75) is 50.9 Å². The summed E-state index contributed by atoms with van der Waals surface area (Å²) in [4.78, 5) is 19.6. The number of nitrogens with zero attached hydrogens (tertiary/aromatic N) is 4. The van der Waals surface area contributed by atoms with Crippen LogP contribution in [0, 0.1) is 11.3 Å². The number of fused-ring (bicyclic) bond motifs is 1. The third-order valence-corrected chi connectivity index (χ3v) is 6.72. The zero-order chi connectivity index (χ0) is 21.9. The average Bonchev–Trinajstić information content (AvgIpc) is 3.43. The third kappa shape index (κ3) is 4.04. The van der Waals surface area contributed by atoms with Gasteiger partial charge >= 0.3 is 0 Å². The molecule has 1 fully saturated rings. The Morgan fingerprint density at radius 2 is 1.97 bits per heavy atom. The van der Waals surface area contributed by atoms with Gasteiger partial charge in [-0.05, 0) is 54.5 Å². The SMILES string of the molecule is N#Cc1ccc(Cn2cncc2CNC2CCN(C3CCCc4ccccc43)C2=O)cc1. The van der Waals surface area contributed by atoms with Crippen LogP contribution in [-0.4, -0.2) is 32.9 Å². The second-order valence-corrected chi connectivity index (χ2v) is 8.68. The maximum atomic E-state index is 13.2. The van der Waals surface area contributed by atoms with Crippen LogP contribution < -0.4 is 5.32 Å². The maximum Gasteiger partial charge on any atom is 0.240 e. The first-order valence-corrected chi connectivity index (χ1v) is 11.3. The molecule has 0 bridgehead atoms. The van der Waals surface area contributed by atoms with Gasteiger partial charge in [0.2, 0.25) is 5.91 Å². The molecule has 2 aromatic carbocycles. The van der Waals surface area contributed by atoms with Gasteiger partial charge in [-0.2, -0.15) is 5.26 Å². The second-order valence-electron chi connectivity index (χ2n) is 8.68. The molecule has 1 aliphatic carbocycles. The zero-order valence-corrected chi connectivity index (χ0v) is 18.1. The Morgan fingerprint density at radius 1 is 1.12 bits per heavy atom. The Kier molecular flexibility index (Phi) is 5.74. The Balaban J connectivity index is 1.22. The van der Waals surface area contributed by atoms with Crippen molar-refractivity contribution in [3.63, 3.8) is 0 Å². The van der Waals surface area contributed by atoms with Crippen molar-refractivity contribution in [2.24, 2.45) is 0 Å². The lowest BCUT2D eigenvalue weighted by Crippen LogP contribution is -2.40. The van der Waals surface area contributed by atoms with E-state index in [-0.39, 0.29) is 18.0 Å². The Hall–Kier alpha value is -3.43. The smallest absolute Gasteiger partial charge is 0.240 e. The van der Waals surface area contributed by atoms with E-state index in [4.69, 9.17) is 5.26 Å². The summed E-state index contributed by atoms with van der Waals surface area (Å²) in [6.45, 7) is 2.09. The zero-order valence-electron chi connectivity index (χ0n) is 18.1. The number of carbonyl (C=O) groups is 1. The van der Waals surface area contributed by atoms with Gasteiger partial charge < -0.3 is 14.8 Å². The molecule has 3 aromatic rings. The van der Waals surface area contributed by atoms with Crippen molar-refractivity contribution in [2.75, 3.05) is 6.54 Å². The number of likely N-dealkylation sites (tertiary alicyclic amines) is 1. The molecule has 1 aromatic heterocycles. The normalized spacial score (nSPS) is 20.2. The number of imidazole rings is 1. The fourth-order valence-electron chi connectivity index (χ4n) is 5.00. The Labute approximate surface area is 188 Å². The average molecular weight is 426 g/mol. The molecule has 5 rings (SSSR count). The van der Waals surface area contributed by atoms with Crippen LogP contribution in [0.25, 0.3) is 0 Å². The number of rotatable bonds is 6. The number of hydrogen-bond donors (Lipinski definition) is 1. The highest BCUT2D eigenvalue weighted by Crippen LogP contribution is 2.36. The lowest BCUT2D eigenvalue weighted by Gasteiger charge is -2.33. The number of hydrogen-bond acceptors (Lipinski definition) is 4. The van der Waals surface area contributed by atoms with Gasteiger partial charge in [0.15, 0.2) is 0 Å². The maximum absolute atomic E-state index is 13.2. The lowest BCUT2D eigenvalue weighted by molar-refractivity contribution is -0.131. The predicted molar refractivity (Wildman–Crippen MR) is 122 cm³/mol. The predicted octanol–water partition coefficient (Wildman–Crippen LogP) is 3.57. The molecule has 2 heterocycles. The lowest BCUT2D eigenvalue weighted by atomic mass is 9.87. The quantitative estimate of drug-likeness (QED) is 0.655. The molecule has 0 saturated carbocycles. The van der Waals surface area contributed by atoms with E-state index in [1.165, 1.54) is 11.1 Å². The topological polar surface area (TPSA) is 74.0 Å². The molecule has 32 heavy (non-hydrogen) atoms. The van der Waals surface area contributed by atoms with E-state index in [1.807, 2.05) is 36.8 Å². The molecule has 2 aliphatic rings. The summed E-state index contributed by atoms with van der Waals surface area (Å²) in [5, 5.41) is 12.4. The van der Waals surface area contributed by atoms with E-state index >= 15 is 0 Å². The van der Waals surface area contributed by atoms with Gasteiger partial charge in [-0.3, -0.25) is 4.79 Å². The van der Waals surface area contributed by atoms with Gasteiger partial charge in [0.1, 0.15) is 0 Å². The first-order valence-electron chi connectivity index (χ1n) is 11.3. The van der Waals surface area contributed by atoms with Crippen LogP contribution in [0.15, 0.2) is 61.1 Å². The largest absolute Gasteiger partial charge is 0.334 e. The number of amides is 1. The van der Waals surface area contributed by atoms with Gasteiger partial charge in [0.25, 0.3) is 0 Å². The molecule has 0 spiro atoms. The molecule has 1 saturated heterocycles. The van der Waals surface area contributed by atoms with Crippen LogP contribution in [0.4, 0.5) is 0 Å². The number of nitriles is 1. The molecule has 2 atom stereocenters. The van der Waals surface area contributed by atoms with Crippen molar-refractivity contribution >= 4 is 5.91 Å². The molecule has 6 heteroatoms. The fourth-order valence-corrected chi connectivity index (χ4v) is 5.00. The van der Waals surface area contributed by atoms with Crippen molar-refractivity contribution < 1.29 is 4.79 Å². The summed E-state index contributed by atoms with van der Waals surface area (Å²) in [7, 11) is 0. The Bertz CT molecular complexity index is 1140. The van der Waals surface area contributed by atoms with Gasteiger partial charge in [-0.1, -0.05) is 36.4 Å². The highest BCUT2D eigenvalue weighted by atomic mass is 16.2. The highest BCUT2D eigenvalue weighted by Gasteiger charge is 2.37. The van der Waals surface area contributed by atoms with Crippen LogP contribution in [0.5, 0.6) is 0 Å². The van der Waals surface area contributed by atoms with Gasteiger partial charge in [-0.25, -0.2) is 4.98 Å². The molecule has 2 unspecified atom stereocenters. The van der Waals surface area contributed by atoms with E-state index in [0.717, 1.165) is 43.5 Å². The fraction of sp³-hybridized carbons (Fsp3) is 0.346. The number of nitrogens with one attached hydrogen (secondary N) is 1. The highest BCUT2D eigenvalue weighted by molar-refractivity contribution is 5.84. The minimum Gasteiger partial charge on any atom is -0.334 e. The van der Waals surface area contributed by atoms with Crippen LogP contribution in [0.2, 0.25) is 0 Å².